The number of nitrogens with zero attached hydrogens (tertiary/aromatic N) is 6. The summed E-state index contributed by atoms with van der Waals surface area (Å²) in [5, 5.41) is 16.8. The van der Waals surface area contributed by atoms with Crippen molar-refractivity contribution in [3.63, 3.8) is 0 Å². The zero-order chi connectivity index (χ0) is 24.5. The lowest BCUT2D eigenvalue weighted by Crippen LogP contribution is -2.43. The maximum atomic E-state index is 13.0. The average Bonchev–Trinajstić information content (AvgIpc) is 3.40. The molecule has 0 radical (unpaired) electrons. The smallest absolute Gasteiger partial charge is 0.293 e. The SMILES string of the molecule is C=C/C=C(\N=C(/CCC)c1n[nH]c(C(=O)Nc2cnccc2N2CCNCC2)n1)N1CCNCC1. The topological polar surface area (TPSA) is 126 Å². The number of aliphatic imine (C=N–C) groups is 1. The molecular formula is C24H34N10O. The zero-order valence-electron chi connectivity index (χ0n) is 20.3. The number of hydrogen-bond donors (Lipinski definition) is 4. The third-order valence-electron chi connectivity index (χ3n) is 5.91. The van der Waals surface area contributed by atoms with Crippen molar-refractivity contribution in [2.75, 3.05) is 62.6 Å². The minimum atomic E-state index is -0.368. The first-order valence-electron chi connectivity index (χ1n) is 12.2. The Bertz CT molecular complexity index is 1060. The molecule has 4 N–H and O–H groups in total. The van der Waals surface area contributed by atoms with Crippen molar-refractivity contribution in [3.05, 3.63) is 54.7 Å². The summed E-state index contributed by atoms with van der Waals surface area (Å²) >= 11 is 0. The van der Waals surface area contributed by atoms with Gasteiger partial charge in [0.2, 0.25) is 5.82 Å². The van der Waals surface area contributed by atoms with Crippen LogP contribution in [0.3, 0.4) is 0 Å². The zero-order valence-corrected chi connectivity index (χ0v) is 20.3. The molecule has 2 saturated heterocycles. The number of carbonyl (C=O) groups excluding carboxylic acids is 1. The molecule has 0 aromatic carbocycles. The fourth-order valence-electron chi connectivity index (χ4n) is 4.14. The minimum absolute atomic E-state index is 0.135. The predicted octanol–water partition coefficient (Wildman–Crippen LogP) is 1.38. The summed E-state index contributed by atoms with van der Waals surface area (Å²) in [4.78, 5) is 31.0. The number of carbonyl (C=O) groups is 1. The Hall–Kier alpha value is -3.57. The third kappa shape index (κ3) is 6.31. The van der Waals surface area contributed by atoms with Crippen LogP contribution in [0.1, 0.15) is 36.2 Å². The first-order valence-corrected chi connectivity index (χ1v) is 12.2. The number of rotatable bonds is 9. The highest BCUT2D eigenvalue weighted by Gasteiger charge is 2.20. The molecule has 0 saturated carbocycles. The van der Waals surface area contributed by atoms with E-state index < -0.39 is 0 Å². The van der Waals surface area contributed by atoms with Crippen molar-refractivity contribution in [1.82, 2.24) is 35.7 Å². The maximum Gasteiger partial charge on any atom is 0.293 e. The number of aromatic nitrogens is 4. The van der Waals surface area contributed by atoms with Gasteiger partial charge in [0.05, 0.1) is 23.3 Å². The summed E-state index contributed by atoms with van der Waals surface area (Å²) in [6.07, 6.45) is 8.61. The first-order chi connectivity index (χ1) is 17.2. The van der Waals surface area contributed by atoms with E-state index >= 15 is 0 Å². The third-order valence-corrected chi connectivity index (χ3v) is 5.91. The van der Waals surface area contributed by atoms with Gasteiger partial charge in [-0.15, -0.1) is 0 Å². The van der Waals surface area contributed by atoms with Crippen LogP contribution in [0.15, 0.2) is 48.0 Å². The number of hydrogen-bond acceptors (Lipinski definition) is 9. The van der Waals surface area contributed by atoms with Crippen molar-refractivity contribution < 1.29 is 4.79 Å². The Labute approximate surface area is 205 Å². The predicted molar refractivity (Wildman–Crippen MR) is 138 cm³/mol. The second kappa shape index (κ2) is 12.2. The summed E-state index contributed by atoms with van der Waals surface area (Å²) in [5.74, 6) is 1.02. The minimum Gasteiger partial charge on any atom is -0.367 e. The van der Waals surface area contributed by atoms with E-state index in [-0.39, 0.29) is 11.7 Å². The Morgan fingerprint density at radius 3 is 2.66 bits per heavy atom. The second-order valence-electron chi connectivity index (χ2n) is 8.40. The quantitative estimate of drug-likeness (QED) is 0.315. The lowest BCUT2D eigenvalue weighted by molar-refractivity contribution is 0.101. The molecule has 0 bridgehead atoms. The normalized spacial score (nSPS) is 17.4. The molecule has 0 spiro atoms. The number of aromatic amines is 1. The lowest BCUT2D eigenvalue weighted by atomic mass is 10.2. The molecular weight excluding hydrogens is 444 g/mol. The molecule has 186 valence electrons. The molecule has 4 heterocycles. The van der Waals surface area contributed by atoms with Crippen LogP contribution in [0.25, 0.3) is 0 Å². The van der Waals surface area contributed by atoms with Crippen LogP contribution in [0.5, 0.6) is 0 Å². The highest BCUT2D eigenvalue weighted by molar-refractivity contribution is 6.04. The van der Waals surface area contributed by atoms with Crippen molar-refractivity contribution in [1.29, 1.82) is 0 Å². The molecule has 2 fully saturated rings. The molecule has 35 heavy (non-hydrogen) atoms. The lowest BCUT2D eigenvalue weighted by Gasteiger charge is -2.30. The van der Waals surface area contributed by atoms with Crippen LogP contribution < -0.4 is 20.9 Å². The maximum absolute atomic E-state index is 13.0. The van der Waals surface area contributed by atoms with Gasteiger partial charge in [0, 0.05) is 58.6 Å². The number of pyridine rings is 1. The molecule has 2 aliphatic rings. The summed E-state index contributed by atoms with van der Waals surface area (Å²) in [7, 11) is 0. The molecule has 0 unspecified atom stereocenters. The van der Waals surface area contributed by atoms with Crippen molar-refractivity contribution in [3.8, 4) is 0 Å². The van der Waals surface area contributed by atoms with Crippen LogP contribution in [0.2, 0.25) is 0 Å². The summed E-state index contributed by atoms with van der Waals surface area (Å²) in [5.41, 5.74) is 2.32. The highest BCUT2D eigenvalue weighted by Crippen LogP contribution is 2.25. The molecule has 2 aromatic rings. The number of piperazine rings is 2. The fourth-order valence-corrected chi connectivity index (χ4v) is 4.14. The van der Waals surface area contributed by atoms with E-state index in [2.05, 4.69) is 59.4 Å². The van der Waals surface area contributed by atoms with Crippen LogP contribution in [-0.2, 0) is 0 Å². The molecule has 11 heteroatoms. The van der Waals surface area contributed by atoms with Gasteiger partial charge in [-0.3, -0.25) is 14.9 Å². The number of amides is 1. The Morgan fingerprint density at radius 1 is 1.20 bits per heavy atom. The largest absolute Gasteiger partial charge is 0.367 e. The fraction of sp³-hybridized carbons (Fsp3) is 0.458. The van der Waals surface area contributed by atoms with E-state index in [0.29, 0.717) is 17.9 Å². The molecule has 2 aromatic heterocycles. The summed E-state index contributed by atoms with van der Waals surface area (Å²) < 4.78 is 0. The standard InChI is InChI=1S/C24H34N10O/c1-3-5-18(28-21(6-4-2)34-15-11-26-12-16-34)22-30-23(32-31-22)24(35)29-19-17-27-8-7-20(19)33-13-9-25-10-14-33/h4,6-8,17,25-26H,2-3,5,9-16H2,1H3,(H,29,35)(H,30,31,32)/b21-6+,28-18+. The number of nitrogens with one attached hydrogen (secondary N) is 4. The summed E-state index contributed by atoms with van der Waals surface area (Å²) in [6.45, 7) is 13.0. The molecule has 4 rings (SSSR count). The Balaban J connectivity index is 1.53. The number of allylic oxidation sites excluding steroid dienone is 2. The van der Waals surface area contributed by atoms with Gasteiger partial charge in [0.15, 0.2) is 5.82 Å². The van der Waals surface area contributed by atoms with Crippen LogP contribution in [0.4, 0.5) is 11.4 Å². The van der Waals surface area contributed by atoms with Gasteiger partial charge in [-0.25, -0.2) is 9.98 Å². The Kier molecular flexibility index (Phi) is 8.58. The van der Waals surface area contributed by atoms with Crippen LogP contribution in [-0.4, -0.2) is 89.0 Å². The van der Waals surface area contributed by atoms with Crippen molar-refractivity contribution in [2.45, 2.75) is 19.8 Å². The van der Waals surface area contributed by atoms with E-state index in [0.717, 1.165) is 76.0 Å². The highest BCUT2D eigenvalue weighted by atomic mass is 16.2. The second-order valence-corrected chi connectivity index (χ2v) is 8.40. The van der Waals surface area contributed by atoms with Crippen molar-refractivity contribution in [2.24, 2.45) is 4.99 Å². The summed E-state index contributed by atoms with van der Waals surface area (Å²) in [6, 6.07) is 1.92. The molecule has 11 nitrogen and oxygen atoms in total. The monoisotopic (exact) mass is 478 g/mol. The van der Waals surface area contributed by atoms with Crippen LogP contribution >= 0.6 is 0 Å². The number of H-pyrrole nitrogens is 1. The van der Waals surface area contributed by atoms with E-state index in [1.165, 1.54) is 0 Å². The molecule has 0 atom stereocenters. The van der Waals surface area contributed by atoms with E-state index in [1.807, 2.05) is 12.1 Å². The number of anilines is 2. The molecule has 0 aliphatic carbocycles. The van der Waals surface area contributed by atoms with Gasteiger partial charge in [0.1, 0.15) is 5.82 Å². The first kappa shape index (κ1) is 24.6. The average molecular weight is 479 g/mol. The van der Waals surface area contributed by atoms with Gasteiger partial charge in [-0.05, 0) is 18.6 Å². The van der Waals surface area contributed by atoms with E-state index in [9.17, 15) is 4.79 Å². The molecule has 2 aliphatic heterocycles. The molecule has 1 amide bonds. The Morgan fingerprint density at radius 2 is 1.94 bits per heavy atom. The van der Waals surface area contributed by atoms with Crippen molar-refractivity contribution >= 4 is 23.0 Å². The van der Waals surface area contributed by atoms with Gasteiger partial charge < -0.3 is 25.8 Å². The van der Waals surface area contributed by atoms with Gasteiger partial charge in [-0.2, -0.15) is 5.10 Å². The van der Waals surface area contributed by atoms with Gasteiger partial charge in [-0.1, -0.05) is 26.0 Å². The van der Waals surface area contributed by atoms with Gasteiger partial charge in [0.25, 0.3) is 5.91 Å². The van der Waals surface area contributed by atoms with E-state index in [1.54, 1.807) is 18.5 Å². The van der Waals surface area contributed by atoms with Crippen LogP contribution in [0, 0.1) is 0 Å². The van der Waals surface area contributed by atoms with E-state index in [4.69, 9.17) is 4.99 Å². The van der Waals surface area contributed by atoms with Gasteiger partial charge >= 0.3 is 0 Å².